The van der Waals surface area contributed by atoms with Gasteiger partial charge in [0.2, 0.25) is 0 Å². The van der Waals surface area contributed by atoms with Crippen LogP contribution in [0.1, 0.15) is 70.8 Å². The summed E-state index contributed by atoms with van der Waals surface area (Å²) in [6, 6.07) is 12.8. The van der Waals surface area contributed by atoms with Crippen molar-refractivity contribution in [3.05, 3.63) is 58.6 Å². The molecule has 1 heterocycles. The number of unbranched alkanes of at least 4 members (excludes halogenated alkanes) is 7. The molecule has 0 atom stereocenters. The zero-order valence-corrected chi connectivity index (χ0v) is 21.2. The number of hydrogen-bond donors (Lipinski definition) is 0. The third-order valence-corrected chi connectivity index (χ3v) is 6.60. The lowest BCUT2D eigenvalue weighted by Gasteiger charge is -2.09. The van der Waals surface area contributed by atoms with Crippen molar-refractivity contribution in [1.82, 2.24) is 4.57 Å². The topological polar surface area (TPSA) is 8.81 Å². The summed E-state index contributed by atoms with van der Waals surface area (Å²) >= 11 is 13.3. The summed E-state index contributed by atoms with van der Waals surface area (Å²) in [6.07, 6.45) is 13.5. The van der Waals surface area contributed by atoms with E-state index >= 15 is 0 Å². The Hall–Kier alpha value is -1.03. The average molecular weight is 512 g/mol. The molecule has 5 heteroatoms. The summed E-state index contributed by atoms with van der Waals surface area (Å²) in [5.74, 6) is 0. The highest BCUT2D eigenvalue weighted by Crippen LogP contribution is 2.31. The second-order valence-electron chi connectivity index (χ2n) is 7.88. The summed E-state index contributed by atoms with van der Waals surface area (Å²) in [6.45, 7) is 5.36. The van der Waals surface area contributed by atoms with E-state index in [0.717, 1.165) is 25.1 Å². The molecule has 2 nitrogen and oxygen atoms in total. The van der Waals surface area contributed by atoms with Gasteiger partial charge in [0.15, 0.2) is 0 Å². The van der Waals surface area contributed by atoms with E-state index in [4.69, 9.17) is 23.2 Å². The molecule has 0 spiro atoms. The lowest BCUT2D eigenvalue weighted by molar-refractivity contribution is -0.694. The van der Waals surface area contributed by atoms with Crippen molar-refractivity contribution in [3.63, 3.8) is 0 Å². The first-order chi connectivity index (χ1) is 14.2. The number of aryl methyl sites for hydroxylation is 2. The molecule has 0 saturated heterocycles. The van der Waals surface area contributed by atoms with Crippen molar-refractivity contribution in [2.45, 2.75) is 78.2 Å². The molecule has 0 aliphatic rings. The normalized spacial score (nSPS) is 11.1. The van der Waals surface area contributed by atoms with Crippen LogP contribution in [0.4, 0.5) is 0 Å². The Morgan fingerprint density at radius 2 is 1.50 bits per heavy atom. The maximum Gasteiger partial charge on any atom is 0.260 e. The lowest BCUT2D eigenvalue weighted by Crippen LogP contribution is -3.00. The molecular weight excluding hydrogens is 479 g/mol. The zero-order valence-electron chi connectivity index (χ0n) is 18.1. The monoisotopic (exact) mass is 510 g/mol. The lowest BCUT2D eigenvalue weighted by atomic mass is 10.0. The summed E-state index contributed by atoms with van der Waals surface area (Å²) in [4.78, 5) is 0. The highest BCUT2D eigenvalue weighted by atomic mass is 79.9. The van der Waals surface area contributed by atoms with Gasteiger partial charge in [0.05, 0.1) is 6.54 Å². The average Bonchev–Trinajstić information content (AvgIpc) is 3.03. The number of imidazole rings is 1. The third-order valence-electron chi connectivity index (χ3n) is 5.75. The fourth-order valence-corrected chi connectivity index (χ4v) is 4.51. The van der Waals surface area contributed by atoms with Crippen molar-refractivity contribution in [2.75, 3.05) is 0 Å². The SMILES string of the molecule is CCCCCCCCCC[n+]1cn(-c2c(CC)ccc3ccccc23)c(Cl)c1Cl.[Br-]. The second-order valence-corrected chi connectivity index (χ2v) is 8.60. The van der Waals surface area contributed by atoms with E-state index in [1.54, 1.807) is 0 Å². The van der Waals surface area contributed by atoms with Crippen LogP contribution >= 0.6 is 23.2 Å². The highest BCUT2D eigenvalue weighted by Gasteiger charge is 2.24. The van der Waals surface area contributed by atoms with E-state index in [1.807, 2.05) is 0 Å². The summed E-state index contributed by atoms with van der Waals surface area (Å²) < 4.78 is 4.16. The van der Waals surface area contributed by atoms with E-state index in [2.05, 4.69) is 65.7 Å². The van der Waals surface area contributed by atoms with Crippen LogP contribution in [0.3, 0.4) is 0 Å². The first-order valence-electron chi connectivity index (χ1n) is 11.1. The van der Waals surface area contributed by atoms with Crippen molar-refractivity contribution in [2.24, 2.45) is 0 Å². The Morgan fingerprint density at radius 3 is 2.20 bits per heavy atom. The first-order valence-corrected chi connectivity index (χ1v) is 11.9. The molecule has 0 radical (unpaired) electrons. The molecule has 0 bridgehead atoms. The number of aromatic nitrogens is 2. The molecule has 30 heavy (non-hydrogen) atoms. The van der Waals surface area contributed by atoms with Gasteiger partial charge in [0.25, 0.3) is 16.6 Å². The van der Waals surface area contributed by atoms with Crippen LogP contribution in [-0.4, -0.2) is 4.57 Å². The minimum absolute atomic E-state index is 0. The van der Waals surface area contributed by atoms with Gasteiger partial charge >= 0.3 is 0 Å². The first kappa shape index (κ1) is 25.2. The Kier molecular flexibility index (Phi) is 10.7. The molecule has 3 aromatic rings. The van der Waals surface area contributed by atoms with Crippen LogP contribution in [0.5, 0.6) is 0 Å². The molecule has 0 aliphatic heterocycles. The smallest absolute Gasteiger partial charge is 0.260 e. The molecular formula is C25H33BrCl2N2. The van der Waals surface area contributed by atoms with Crippen molar-refractivity contribution in [1.29, 1.82) is 0 Å². The van der Waals surface area contributed by atoms with Gasteiger partial charge in [0.1, 0.15) is 5.69 Å². The van der Waals surface area contributed by atoms with E-state index in [0.29, 0.717) is 10.3 Å². The minimum atomic E-state index is 0. The number of fused-ring (bicyclic) bond motifs is 1. The van der Waals surface area contributed by atoms with Crippen LogP contribution in [-0.2, 0) is 13.0 Å². The number of hydrogen-bond acceptors (Lipinski definition) is 0. The van der Waals surface area contributed by atoms with Gasteiger partial charge in [-0.3, -0.25) is 0 Å². The molecule has 0 amide bonds. The van der Waals surface area contributed by atoms with Gasteiger partial charge in [-0.05, 0) is 53.4 Å². The van der Waals surface area contributed by atoms with E-state index in [9.17, 15) is 0 Å². The van der Waals surface area contributed by atoms with Gasteiger partial charge in [-0.2, -0.15) is 4.57 Å². The molecule has 1 aromatic heterocycles. The molecule has 0 unspecified atom stereocenters. The molecule has 0 fully saturated rings. The minimum Gasteiger partial charge on any atom is -1.00 e. The Morgan fingerprint density at radius 1 is 0.833 bits per heavy atom. The number of benzene rings is 2. The largest absolute Gasteiger partial charge is 1.00 e. The maximum atomic E-state index is 6.70. The van der Waals surface area contributed by atoms with E-state index in [-0.39, 0.29) is 17.0 Å². The predicted octanol–water partition coefficient (Wildman–Crippen LogP) is 4.93. The molecule has 164 valence electrons. The number of halogens is 3. The van der Waals surface area contributed by atoms with Gasteiger partial charge in [0, 0.05) is 5.39 Å². The van der Waals surface area contributed by atoms with Crippen LogP contribution in [0, 0.1) is 0 Å². The maximum absolute atomic E-state index is 6.70. The van der Waals surface area contributed by atoms with Crippen molar-refractivity contribution >= 4 is 34.0 Å². The Labute approximate surface area is 202 Å². The molecule has 0 saturated carbocycles. The van der Waals surface area contributed by atoms with Gasteiger partial charge in [-0.15, -0.1) is 0 Å². The zero-order chi connectivity index (χ0) is 20.6. The predicted molar refractivity (Wildman–Crippen MR) is 125 cm³/mol. The number of rotatable bonds is 11. The van der Waals surface area contributed by atoms with Gasteiger partial charge in [-0.1, -0.05) is 88.8 Å². The van der Waals surface area contributed by atoms with Crippen LogP contribution < -0.4 is 21.5 Å². The Balaban J connectivity index is 0.00000320. The van der Waals surface area contributed by atoms with Crippen LogP contribution in [0.15, 0.2) is 42.7 Å². The molecule has 2 aromatic carbocycles. The van der Waals surface area contributed by atoms with Gasteiger partial charge < -0.3 is 17.0 Å². The molecule has 3 rings (SSSR count). The van der Waals surface area contributed by atoms with E-state index < -0.39 is 0 Å². The van der Waals surface area contributed by atoms with E-state index in [1.165, 1.54) is 61.3 Å². The van der Waals surface area contributed by atoms with Crippen LogP contribution in [0.25, 0.3) is 16.5 Å². The second kappa shape index (κ2) is 12.7. The molecule has 0 aliphatic carbocycles. The Bertz CT molecular complexity index is 936. The third kappa shape index (κ3) is 6.02. The summed E-state index contributed by atoms with van der Waals surface area (Å²) in [7, 11) is 0. The highest BCUT2D eigenvalue weighted by molar-refractivity contribution is 6.40. The standard InChI is InChI=1S/C25H33Cl2N2.BrH/c1-3-5-6-7-8-9-10-13-18-28-19-29(25(27)24(28)26)23-20(4-2)16-17-21-14-11-12-15-22(21)23;/h11-12,14-17,19H,3-10,13,18H2,1-2H3;1H/q+1;/p-1. The summed E-state index contributed by atoms with van der Waals surface area (Å²) in [5.41, 5.74) is 2.42. The van der Waals surface area contributed by atoms with Crippen LogP contribution in [0.2, 0.25) is 10.3 Å². The van der Waals surface area contributed by atoms with Crippen molar-refractivity contribution in [3.8, 4) is 5.69 Å². The van der Waals surface area contributed by atoms with Crippen molar-refractivity contribution < 1.29 is 21.5 Å². The van der Waals surface area contributed by atoms with Gasteiger partial charge in [-0.25, -0.2) is 4.57 Å². The molecule has 0 N–H and O–H groups in total. The summed E-state index contributed by atoms with van der Waals surface area (Å²) in [5, 5.41) is 3.65. The fourth-order valence-electron chi connectivity index (χ4n) is 4.06. The fraction of sp³-hybridized carbons (Fsp3) is 0.480. The number of nitrogens with zero attached hydrogens (tertiary/aromatic N) is 2. The quantitative estimate of drug-likeness (QED) is 0.255.